The molecule has 0 aliphatic carbocycles. The Labute approximate surface area is 278 Å². The molecular formula is C36H57IN2O4. The molecule has 0 saturated heterocycles. The van der Waals surface area contributed by atoms with Gasteiger partial charge in [-0.3, -0.25) is 4.79 Å². The van der Waals surface area contributed by atoms with Crippen molar-refractivity contribution >= 4 is 12.0 Å². The van der Waals surface area contributed by atoms with E-state index in [2.05, 4.69) is 33.8 Å². The van der Waals surface area contributed by atoms with E-state index in [1.807, 2.05) is 48.0 Å². The number of carbonyl (C=O) groups excluding carboxylic acids is 2. The molecule has 0 fully saturated rings. The number of hydrogen-bond acceptors (Lipinski definition) is 4. The third-order valence-corrected chi connectivity index (χ3v) is 7.77. The summed E-state index contributed by atoms with van der Waals surface area (Å²) in [4.78, 5) is 26.4. The summed E-state index contributed by atoms with van der Waals surface area (Å²) >= 11 is 0. The molecule has 0 N–H and O–H groups in total. The van der Waals surface area contributed by atoms with Crippen LogP contribution in [-0.4, -0.2) is 23.5 Å². The molecule has 0 bridgehead atoms. The second-order valence-electron chi connectivity index (χ2n) is 12.5. The van der Waals surface area contributed by atoms with Gasteiger partial charge >= 0.3 is 6.09 Å². The molecule has 1 aromatic heterocycles. The lowest BCUT2D eigenvalue weighted by atomic mass is 9.85. The topological polar surface area (TPSA) is 59.7 Å². The van der Waals surface area contributed by atoms with E-state index in [1.54, 1.807) is 0 Å². The minimum absolute atomic E-state index is 0. The van der Waals surface area contributed by atoms with E-state index >= 15 is 0 Å². The minimum atomic E-state index is -0.640. The average Bonchev–Trinajstić information content (AvgIpc) is 2.96. The Morgan fingerprint density at radius 2 is 1.44 bits per heavy atom. The molecule has 242 valence electrons. The quantitative estimate of drug-likeness (QED) is 0.101. The van der Waals surface area contributed by atoms with Crippen LogP contribution in [-0.2, 0) is 34.6 Å². The Bertz CT molecular complexity index is 1080. The normalized spacial score (nSPS) is 11.1. The van der Waals surface area contributed by atoms with E-state index in [0.29, 0.717) is 6.61 Å². The number of benzene rings is 1. The van der Waals surface area contributed by atoms with Crippen molar-refractivity contribution in [3.63, 3.8) is 0 Å². The summed E-state index contributed by atoms with van der Waals surface area (Å²) in [5, 5.41) is 0. The zero-order chi connectivity index (χ0) is 30.8. The SMILES string of the molecule is CCCCCCCCCCCCCCOc1ccc(COC(=O)N(Cc2cccc[n+]2CC)C(C)=O)cc1C(C)(C)C.[I-]. The summed E-state index contributed by atoms with van der Waals surface area (Å²) in [5.41, 5.74) is 2.71. The predicted molar refractivity (Wildman–Crippen MR) is 170 cm³/mol. The highest BCUT2D eigenvalue weighted by Crippen LogP contribution is 2.32. The van der Waals surface area contributed by atoms with Crippen molar-refractivity contribution in [1.82, 2.24) is 4.90 Å². The fraction of sp³-hybridized carbons (Fsp3) is 0.639. The van der Waals surface area contributed by atoms with Gasteiger partial charge in [-0.05, 0) is 42.0 Å². The number of nitrogens with zero attached hydrogens (tertiary/aromatic N) is 2. The molecule has 43 heavy (non-hydrogen) atoms. The average molecular weight is 709 g/mol. The molecule has 1 heterocycles. The predicted octanol–water partition coefficient (Wildman–Crippen LogP) is 6.06. The summed E-state index contributed by atoms with van der Waals surface area (Å²) in [6.45, 7) is 13.9. The van der Waals surface area contributed by atoms with Crippen molar-refractivity contribution < 1.29 is 47.6 Å². The Balaban J connectivity index is 0.00000924. The number of hydrogen-bond donors (Lipinski definition) is 0. The second kappa shape index (κ2) is 21.5. The molecule has 1 aromatic carbocycles. The number of unbranched alkanes of at least 4 members (excludes halogenated alkanes) is 11. The third-order valence-electron chi connectivity index (χ3n) is 7.77. The lowest BCUT2D eigenvalue weighted by Crippen LogP contribution is -3.00. The summed E-state index contributed by atoms with van der Waals surface area (Å²) < 4.78 is 13.8. The first-order chi connectivity index (χ1) is 20.2. The van der Waals surface area contributed by atoms with Crippen LogP contribution in [0.25, 0.3) is 0 Å². The standard InChI is InChI=1S/C36H57N2O4.HI/c1-7-9-10-11-12-13-14-15-16-17-18-21-26-41-34-24-23-31(27-33(34)36(4,5)6)29-42-35(40)38(30(3)39)28-32-22-19-20-25-37(32)8-2;/h19-20,22-25,27H,7-18,21,26,28-29H2,1-6H3;1H/q+1;/p-1. The van der Waals surface area contributed by atoms with Crippen LogP contribution in [0, 0.1) is 0 Å². The monoisotopic (exact) mass is 708 g/mol. The lowest BCUT2D eigenvalue weighted by molar-refractivity contribution is -0.701. The maximum atomic E-state index is 12.9. The number of amides is 2. The Morgan fingerprint density at radius 1 is 0.837 bits per heavy atom. The molecule has 2 amide bonds. The van der Waals surface area contributed by atoms with Gasteiger partial charge in [0, 0.05) is 19.1 Å². The van der Waals surface area contributed by atoms with Gasteiger partial charge in [0.05, 0.1) is 6.61 Å². The van der Waals surface area contributed by atoms with Crippen LogP contribution in [0.5, 0.6) is 5.75 Å². The summed E-state index contributed by atoms with van der Waals surface area (Å²) in [5.74, 6) is 0.544. The summed E-state index contributed by atoms with van der Waals surface area (Å²) in [6, 6.07) is 11.7. The Morgan fingerprint density at radius 3 is 2.00 bits per heavy atom. The third kappa shape index (κ3) is 14.9. The van der Waals surface area contributed by atoms with E-state index in [0.717, 1.165) is 40.4 Å². The van der Waals surface area contributed by atoms with Crippen molar-refractivity contribution in [3.05, 3.63) is 59.4 Å². The molecular weight excluding hydrogens is 651 g/mol. The Hall–Kier alpha value is -2.16. The van der Waals surface area contributed by atoms with Crippen LogP contribution in [0.15, 0.2) is 42.6 Å². The highest BCUT2D eigenvalue weighted by atomic mass is 127. The van der Waals surface area contributed by atoms with Crippen LogP contribution < -0.4 is 33.3 Å². The molecule has 6 nitrogen and oxygen atoms in total. The van der Waals surface area contributed by atoms with E-state index in [1.165, 1.54) is 77.6 Å². The van der Waals surface area contributed by atoms with Crippen LogP contribution in [0.4, 0.5) is 4.79 Å². The number of aromatic nitrogens is 1. The number of rotatable bonds is 19. The fourth-order valence-electron chi connectivity index (χ4n) is 5.16. The number of imide groups is 1. The zero-order valence-electron chi connectivity index (χ0n) is 27.8. The van der Waals surface area contributed by atoms with E-state index in [4.69, 9.17) is 9.47 Å². The lowest BCUT2D eigenvalue weighted by Gasteiger charge is -2.24. The number of aryl methyl sites for hydroxylation is 1. The number of ether oxygens (including phenoxy) is 2. The molecule has 0 atom stereocenters. The first-order valence-electron chi connectivity index (χ1n) is 16.4. The zero-order valence-corrected chi connectivity index (χ0v) is 29.9. The van der Waals surface area contributed by atoms with Crippen molar-refractivity contribution in [3.8, 4) is 5.75 Å². The fourth-order valence-corrected chi connectivity index (χ4v) is 5.16. The smallest absolute Gasteiger partial charge is 0.417 e. The molecule has 0 aliphatic heterocycles. The van der Waals surface area contributed by atoms with Crippen molar-refractivity contribution in [2.75, 3.05) is 6.61 Å². The Kier molecular flexibility index (Phi) is 19.5. The molecule has 0 radical (unpaired) electrons. The molecule has 0 saturated carbocycles. The van der Waals surface area contributed by atoms with Crippen LogP contribution in [0.2, 0.25) is 0 Å². The number of pyridine rings is 1. The van der Waals surface area contributed by atoms with Crippen LogP contribution in [0.1, 0.15) is 135 Å². The van der Waals surface area contributed by atoms with Gasteiger partial charge in [0.2, 0.25) is 11.6 Å². The summed E-state index contributed by atoms with van der Waals surface area (Å²) in [6.07, 6.45) is 17.2. The van der Waals surface area contributed by atoms with Crippen LogP contribution in [0.3, 0.4) is 0 Å². The molecule has 0 spiro atoms. The molecule has 0 unspecified atom stereocenters. The van der Waals surface area contributed by atoms with E-state index < -0.39 is 6.09 Å². The summed E-state index contributed by atoms with van der Waals surface area (Å²) in [7, 11) is 0. The first-order valence-corrected chi connectivity index (χ1v) is 16.4. The molecule has 2 rings (SSSR count). The largest absolute Gasteiger partial charge is 1.00 e. The number of carbonyl (C=O) groups is 2. The number of halogens is 1. The minimum Gasteiger partial charge on any atom is -1.00 e. The highest BCUT2D eigenvalue weighted by Gasteiger charge is 2.25. The molecule has 7 heteroatoms. The van der Waals surface area contributed by atoms with Gasteiger partial charge in [-0.25, -0.2) is 14.3 Å². The van der Waals surface area contributed by atoms with Crippen LogP contribution >= 0.6 is 0 Å². The van der Waals surface area contributed by atoms with E-state index in [9.17, 15) is 9.59 Å². The highest BCUT2D eigenvalue weighted by molar-refractivity contribution is 5.90. The van der Waals surface area contributed by atoms with Crippen molar-refractivity contribution in [2.24, 2.45) is 0 Å². The van der Waals surface area contributed by atoms with Gasteiger partial charge in [-0.2, -0.15) is 0 Å². The maximum Gasteiger partial charge on any atom is 0.417 e. The molecule has 0 aliphatic rings. The van der Waals surface area contributed by atoms with Gasteiger partial charge in [0.1, 0.15) is 25.4 Å². The first kappa shape index (κ1) is 38.9. The van der Waals surface area contributed by atoms with Gasteiger partial charge in [-0.1, -0.05) is 110 Å². The van der Waals surface area contributed by atoms with Gasteiger partial charge in [0.15, 0.2) is 6.20 Å². The molecule has 2 aromatic rings. The van der Waals surface area contributed by atoms with Gasteiger partial charge in [0.25, 0.3) is 0 Å². The van der Waals surface area contributed by atoms with Gasteiger partial charge in [-0.15, -0.1) is 0 Å². The second-order valence-corrected chi connectivity index (χ2v) is 12.5. The van der Waals surface area contributed by atoms with Crippen molar-refractivity contribution in [2.45, 2.75) is 144 Å². The maximum absolute atomic E-state index is 12.9. The van der Waals surface area contributed by atoms with Gasteiger partial charge < -0.3 is 33.5 Å². The van der Waals surface area contributed by atoms with Crippen molar-refractivity contribution in [1.29, 1.82) is 0 Å². The van der Waals surface area contributed by atoms with E-state index in [-0.39, 0.29) is 48.5 Å².